The molecule has 1 atom stereocenters. The van der Waals surface area contributed by atoms with Crippen molar-refractivity contribution in [1.29, 1.82) is 0 Å². The second kappa shape index (κ2) is 6.05. The van der Waals surface area contributed by atoms with Gasteiger partial charge in [-0.05, 0) is 30.7 Å². The van der Waals surface area contributed by atoms with Crippen molar-refractivity contribution < 1.29 is 8.42 Å². The van der Waals surface area contributed by atoms with Gasteiger partial charge in [-0.25, -0.2) is 8.42 Å². The predicted molar refractivity (Wildman–Crippen MR) is 78.4 cm³/mol. The van der Waals surface area contributed by atoms with Gasteiger partial charge >= 0.3 is 0 Å². The van der Waals surface area contributed by atoms with Crippen LogP contribution in [0.5, 0.6) is 0 Å². The van der Waals surface area contributed by atoms with Crippen molar-refractivity contribution in [1.82, 2.24) is 9.62 Å². The first-order chi connectivity index (χ1) is 8.97. The summed E-state index contributed by atoms with van der Waals surface area (Å²) >= 11 is 5.78. The van der Waals surface area contributed by atoms with Gasteiger partial charge in [-0.15, -0.1) is 0 Å². The normalized spacial score (nSPS) is 21.9. The van der Waals surface area contributed by atoms with E-state index in [0.29, 0.717) is 24.7 Å². The molecule has 0 radical (unpaired) electrons. The van der Waals surface area contributed by atoms with Crippen molar-refractivity contribution >= 4 is 27.7 Å². The fraction of sp³-hybridized carbons (Fsp3) is 0.385. The Morgan fingerprint density at radius 3 is 2.68 bits per heavy atom. The number of benzene rings is 1. The van der Waals surface area contributed by atoms with E-state index in [4.69, 9.17) is 11.6 Å². The minimum absolute atomic E-state index is 0.187. The molecule has 1 aromatic rings. The van der Waals surface area contributed by atoms with E-state index in [0.717, 1.165) is 5.56 Å². The third-order valence-electron chi connectivity index (χ3n) is 2.99. The Kier molecular flexibility index (Phi) is 4.62. The average molecular weight is 301 g/mol. The summed E-state index contributed by atoms with van der Waals surface area (Å²) in [6.07, 6.45) is 1.60. The highest BCUT2D eigenvalue weighted by molar-refractivity contribution is 7.92. The van der Waals surface area contributed by atoms with Gasteiger partial charge in [-0.1, -0.05) is 23.7 Å². The molecule has 0 amide bonds. The second-order valence-corrected chi connectivity index (χ2v) is 6.87. The molecular formula is C13H17ClN2O2S. The number of hydrogen-bond acceptors (Lipinski definition) is 3. The third-order valence-corrected chi connectivity index (χ3v) is 4.78. The molecule has 0 saturated carbocycles. The quantitative estimate of drug-likeness (QED) is 0.928. The summed E-state index contributed by atoms with van der Waals surface area (Å²) in [4.78, 5) is 0. The fourth-order valence-electron chi connectivity index (χ4n) is 1.95. The first-order valence-corrected chi connectivity index (χ1v) is 8.03. The molecule has 19 heavy (non-hydrogen) atoms. The lowest BCUT2D eigenvalue weighted by Crippen LogP contribution is -2.50. The van der Waals surface area contributed by atoms with Crippen molar-refractivity contribution in [3.05, 3.63) is 40.3 Å². The van der Waals surface area contributed by atoms with Gasteiger partial charge in [-0.3, -0.25) is 0 Å². The van der Waals surface area contributed by atoms with Crippen LogP contribution in [0, 0.1) is 0 Å². The van der Waals surface area contributed by atoms with E-state index in [1.165, 1.54) is 9.71 Å². The standard InChI is InChI=1S/C13H17ClN2O2S/c1-11-10-16(8-7-15-11)19(17,18)9-6-12-2-4-13(14)5-3-12/h2-6,9,11,15H,7-8,10H2,1H3/b9-6+/t11-/m0/s1. The van der Waals surface area contributed by atoms with Gasteiger partial charge in [0.2, 0.25) is 10.0 Å². The molecule has 1 aromatic carbocycles. The summed E-state index contributed by atoms with van der Waals surface area (Å²) in [5, 5.41) is 5.11. The maximum absolute atomic E-state index is 12.2. The maximum atomic E-state index is 12.2. The van der Waals surface area contributed by atoms with Gasteiger partial charge in [0.15, 0.2) is 0 Å². The zero-order valence-corrected chi connectivity index (χ0v) is 12.3. The smallest absolute Gasteiger partial charge is 0.236 e. The molecule has 1 aliphatic rings. The van der Waals surface area contributed by atoms with Gasteiger partial charge in [0.05, 0.1) is 0 Å². The molecular weight excluding hydrogens is 284 g/mol. The topological polar surface area (TPSA) is 49.4 Å². The first kappa shape index (κ1) is 14.5. The number of nitrogens with zero attached hydrogens (tertiary/aromatic N) is 1. The number of piperazine rings is 1. The zero-order valence-electron chi connectivity index (χ0n) is 10.7. The van der Waals surface area contributed by atoms with Gasteiger partial charge in [0, 0.05) is 36.1 Å². The summed E-state index contributed by atoms with van der Waals surface area (Å²) < 4.78 is 25.8. The van der Waals surface area contributed by atoms with Gasteiger partial charge < -0.3 is 5.32 Å². The van der Waals surface area contributed by atoms with Gasteiger partial charge in [0.1, 0.15) is 0 Å². The highest BCUT2D eigenvalue weighted by Gasteiger charge is 2.24. The monoisotopic (exact) mass is 300 g/mol. The van der Waals surface area contributed by atoms with Crippen LogP contribution >= 0.6 is 11.6 Å². The van der Waals surface area contributed by atoms with E-state index < -0.39 is 10.0 Å². The SMILES string of the molecule is C[C@H]1CN(S(=O)(=O)/C=C/c2ccc(Cl)cc2)CCN1. The minimum Gasteiger partial charge on any atom is -0.312 e. The van der Waals surface area contributed by atoms with Crippen LogP contribution in [-0.2, 0) is 10.0 Å². The Bertz CT molecular complexity index is 555. The summed E-state index contributed by atoms with van der Waals surface area (Å²) in [5.74, 6) is 0. The number of rotatable bonds is 3. The molecule has 0 spiro atoms. The number of hydrogen-bond donors (Lipinski definition) is 1. The molecule has 0 aliphatic carbocycles. The van der Waals surface area contributed by atoms with Crippen LogP contribution in [0.2, 0.25) is 5.02 Å². The Hall–Kier alpha value is -0.880. The van der Waals surface area contributed by atoms with Crippen LogP contribution in [0.15, 0.2) is 29.7 Å². The van der Waals surface area contributed by atoms with Crippen LogP contribution in [0.3, 0.4) is 0 Å². The number of halogens is 1. The molecule has 1 saturated heterocycles. The Balaban J connectivity index is 2.10. The van der Waals surface area contributed by atoms with Crippen molar-refractivity contribution in [3.8, 4) is 0 Å². The molecule has 1 heterocycles. The van der Waals surface area contributed by atoms with Crippen LogP contribution in [0.4, 0.5) is 0 Å². The van der Waals surface area contributed by atoms with Crippen LogP contribution in [-0.4, -0.2) is 38.4 Å². The molecule has 1 N–H and O–H groups in total. The minimum atomic E-state index is -3.34. The first-order valence-electron chi connectivity index (χ1n) is 6.14. The summed E-state index contributed by atoms with van der Waals surface area (Å²) in [7, 11) is -3.34. The van der Waals surface area contributed by atoms with Crippen LogP contribution in [0.1, 0.15) is 12.5 Å². The predicted octanol–water partition coefficient (Wildman–Crippen LogP) is 1.93. The second-order valence-electron chi connectivity index (χ2n) is 4.61. The lowest BCUT2D eigenvalue weighted by molar-refractivity contribution is 0.313. The summed E-state index contributed by atoms with van der Waals surface area (Å²) in [6.45, 7) is 3.69. The number of sulfonamides is 1. The molecule has 1 aliphatic heterocycles. The fourth-order valence-corrected chi connectivity index (χ4v) is 3.36. The van der Waals surface area contributed by atoms with E-state index in [1.807, 2.05) is 6.92 Å². The Morgan fingerprint density at radius 1 is 1.37 bits per heavy atom. The molecule has 0 bridgehead atoms. The highest BCUT2D eigenvalue weighted by Crippen LogP contribution is 2.13. The molecule has 0 aromatic heterocycles. The van der Waals surface area contributed by atoms with Crippen LogP contribution in [0.25, 0.3) is 6.08 Å². The molecule has 1 fully saturated rings. The Morgan fingerprint density at radius 2 is 2.05 bits per heavy atom. The van der Waals surface area contributed by atoms with E-state index in [2.05, 4.69) is 5.32 Å². The van der Waals surface area contributed by atoms with Crippen molar-refractivity contribution in [2.24, 2.45) is 0 Å². The Labute approximate surface area is 119 Å². The van der Waals surface area contributed by atoms with Crippen molar-refractivity contribution in [3.63, 3.8) is 0 Å². The number of nitrogens with one attached hydrogen (secondary N) is 1. The third kappa shape index (κ3) is 4.04. The van der Waals surface area contributed by atoms with E-state index in [9.17, 15) is 8.42 Å². The largest absolute Gasteiger partial charge is 0.312 e. The average Bonchev–Trinajstić information content (AvgIpc) is 2.38. The van der Waals surface area contributed by atoms with Crippen LogP contribution < -0.4 is 5.32 Å². The summed E-state index contributed by atoms with van der Waals surface area (Å²) in [5.41, 5.74) is 0.816. The highest BCUT2D eigenvalue weighted by atomic mass is 35.5. The van der Waals surface area contributed by atoms with Gasteiger partial charge in [0.25, 0.3) is 0 Å². The van der Waals surface area contributed by atoms with Crippen molar-refractivity contribution in [2.45, 2.75) is 13.0 Å². The summed E-state index contributed by atoms with van der Waals surface area (Å²) in [6, 6.07) is 7.23. The van der Waals surface area contributed by atoms with E-state index in [-0.39, 0.29) is 6.04 Å². The van der Waals surface area contributed by atoms with E-state index >= 15 is 0 Å². The van der Waals surface area contributed by atoms with E-state index in [1.54, 1.807) is 30.3 Å². The van der Waals surface area contributed by atoms with Gasteiger partial charge in [-0.2, -0.15) is 4.31 Å². The molecule has 104 valence electrons. The molecule has 0 unspecified atom stereocenters. The lowest BCUT2D eigenvalue weighted by atomic mass is 10.2. The molecule has 6 heteroatoms. The molecule has 2 rings (SSSR count). The zero-order chi connectivity index (χ0) is 13.9. The maximum Gasteiger partial charge on any atom is 0.236 e. The molecule has 4 nitrogen and oxygen atoms in total. The lowest BCUT2D eigenvalue weighted by Gasteiger charge is -2.29. The van der Waals surface area contributed by atoms with Crippen molar-refractivity contribution in [2.75, 3.05) is 19.6 Å².